The van der Waals surface area contributed by atoms with Crippen molar-refractivity contribution in [2.75, 3.05) is 6.54 Å². The summed E-state index contributed by atoms with van der Waals surface area (Å²) in [6.45, 7) is 10.4. The fraction of sp³-hybridized carbons (Fsp3) is 1.00. The Kier molecular flexibility index (Phi) is 5.82. The Morgan fingerprint density at radius 3 is 2.31 bits per heavy atom. The average molecular weight is 225 g/mol. The highest BCUT2D eigenvalue weighted by molar-refractivity contribution is 5.01. The van der Waals surface area contributed by atoms with Crippen LogP contribution in [-0.4, -0.2) is 12.6 Å². The predicted molar refractivity (Wildman–Crippen MR) is 72.7 cm³/mol. The summed E-state index contributed by atoms with van der Waals surface area (Å²) in [6, 6.07) is 0.730. The Bertz CT molecular complexity index is 184. The molecule has 2 atom stereocenters. The van der Waals surface area contributed by atoms with E-state index in [1.54, 1.807) is 0 Å². The van der Waals surface area contributed by atoms with Crippen molar-refractivity contribution in [3.63, 3.8) is 0 Å². The number of hydrogen-bond acceptors (Lipinski definition) is 1. The molecule has 0 aromatic rings. The Morgan fingerprint density at radius 2 is 1.88 bits per heavy atom. The lowest BCUT2D eigenvalue weighted by Gasteiger charge is -2.28. The molecule has 0 spiro atoms. The molecule has 0 bridgehead atoms. The fourth-order valence-electron chi connectivity index (χ4n) is 3.02. The zero-order valence-corrected chi connectivity index (χ0v) is 11.8. The van der Waals surface area contributed by atoms with E-state index in [0.717, 1.165) is 18.5 Å². The molecule has 0 aromatic carbocycles. The van der Waals surface area contributed by atoms with Gasteiger partial charge in [0.25, 0.3) is 0 Å². The van der Waals surface area contributed by atoms with Gasteiger partial charge in [0.15, 0.2) is 0 Å². The molecule has 1 N–H and O–H groups in total. The number of rotatable bonds is 9. The van der Waals surface area contributed by atoms with Gasteiger partial charge in [-0.1, -0.05) is 46.5 Å². The Balaban J connectivity index is 2.38. The lowest BCUT2D eigenvalue weighted by atomic mass is 9.83. The standard InChI is InChI=1S/C15H31N/c1-5-8-9-14(6-2)12-15(10-11-15)13(4)16-7-3/h13-14,16H,5-12H2,1-4H3. The second-order valence-electron chi connectivity index (χ2n) is 5.76. The summed E-state index contributed by atoms with van der Waals surface area (Å²) in [5.41, 5.74) is 0.671. The van der Waals surface area contributed by atoms with E-state index in [9.17, 15) is 0 Å². The van der Waals surface area contributed by atoms with Crippen molar-refractivity contribution in [2.24, 2.45) is 11.3 Å². The summed E-state index contributed by atoms with van der Waals surface area (Å²) in [5, 5.41) is 3.63. The largest absolute Gasteiger partial charge is 0.314 e. The lowest BCUT2D eigenvalue weighted by Crippen LogP contribution is -2.35. The third kappa shape index (κ3) is 3.76. The molecule has 1 nitrogen and oxygen atoms in total. The highest BCUT2D eigenvalue weighted by atomic mass is 14.9. The summed E-state index contributed by atoms with van der Waals surface area (Å²) in [5.74, 6) is 0.976. The molecular weight excluding hydrogens is 194 g/mol. The third-order valence-corrected chi connectivity index (χ3v) is 4.56. The molecule has 0 radical (unpaired) electrons. The van der Waals surface area contributed by atoms with Crippen LogP contribution in [0.4, 0.5) is 0 Å². The quantitative estimate of drug-likeness (QED) is 0.614. The van der Waals surface area contributed by atoms with Crippen molar-refractivity contribution >= 4 is 0 Å². The second-order valence-corrected chi connectivity index (χ2v) is 5.76. The molecule has 1 aliphatic rings. The van der Waals surface area contributed by atoms with Crippen LogP contribution in [0.2, 0.25) is 0 Å². The molecule has 1 aliphatic carbocycles. The first-order valence-electron chi connectivity index (χ1n) is 7.41. The van der Waals surface area contributed by atoms with E-state index in [4.69, 9.17) is 0 Å². The second kappa shape index (κ2) is 6.64. The van der Waals surface area contributed by atoms with Crippen LogP contribution in [0.25, 0.3) is 0 Å². The molecule has 1 rings (SSSR count). The first-order chi connectivity index (χ1) is 7.68. The van der Waals surface area contributed by atoms with Crippen molar-refractivity contribution in [3.8, 4) is 0 Å². The number of nitrogens with one attached hydrogen (secondary N) is 1. The number of unbranched alkanes of at least 4 members (excludes halogenated alkanes) is 1. The Labute approximate surface area is 102 Å². The summed E-state index contributed by atoms with van der Waals surface area (Å²) in [7, 11) is 0. The van der Waals surface area contributed by atoms with Gasteiger partial charge in [-0.25, -0.2) is 0 Å². The van der Waals surface area contributed by atoms with Gasteiger partial charge in [-0.2, -0.15) is 0 Å². The average Bonchev–Trinajstić information content (AvgIpc) is 3.05. The van der Waals surface area contributed by atoms with Crippen LogP contribution in [0.5, 0.6) is 0 Å². The maximum absolute atomic E-state index is 3.63. The van der Waals surface area contributed by atoms with E-state index in [-0.39, 0.29) is 0 Å². The summed E-state index contributed by atoms with van der Waals surface area (Å²) in [4.78, 5) is 0. The Morgan fingerprint density at radius 1 is 1.19 bits per heavy atom. The zero-order valence-electron chi connectivity index (χ0n) is 11.8. The molecule has 0 amide bonds. The van der Waals surface area contributed by atoms with Gasteiger partial charge in [-0.15, -0.1) is 0 Å². The van der Waals surface area contributed by atoms with Crippen molar-refractivity contribution in [1.29, 1.82) is 0 Å². The molecule has 0 aliphatic heterocycles. The predicted octanol–water partition coefficient (Wildman–Crippen LogP) is 4.37. The molecule has 0 heterocycles. The van der Waals surface area contributed by atoms with Crippen LogP contribution in [0.3, 0.4) is 0 Å². The molecule has 16 heavy (non-hydrogen) atoms. The van der Waals surface area contributed by atoms with Crippen molar-refractivity contribution in [3.05, 3.63) is 0 Å². The summed E-state index contributed by atoms with van der Waals surface area (Å²) >= 11 is 0. The molecule has 1 saturated carbocycles. The van der Waals surface area contributed by atoms with Crippen LogP contribution < -0.4 is 5.32 Å². The molecular formula is C15H31N. The highest BCUT2D eigenvalue weighted by Crippen LogP contribution is 2.54. The van der Waals surface area contributed by atoms with Crippen LogP contribution in [0.1, 0.15) is 72.6 Å². The molecule has 1 fully saturated rings. The van der Waals surface area contributed by atoms with Gasteiger partial charge in [0.2, 0.25) is 0 Å². The van der Waals surface area contributed by atoms with Crippen molar-refractivity contribution in [1.82, 2.24) is 5.32 Å². The van der Waals surface area contributed by atoms with E-state index >= 15 is 0 Å². The molecule has 2 unspecified atom stereocenters. The third-order valence-electron chi connectivity index (χ3n) is 4.56. The van der Waals surface area contributed by atoms with E-state index < -0.39 is 0 Å². The van der Waals surface area contributed by atoms with Gasteiger partial charge in [0.1, 0.15) is 0 Å². The summed E-state index contributed by atoms with van der Waals surface area (Å²) in [6.07, 6.45) is 10.00. The van der Waals surface area contributed by atoms with E-state index in [0.29, 0.717) is 5.41 Å². The van der Waals surface area contributed by atoms with Crippen molar-refractivity contribution in [2.45, 2.75) is 78.7 Å². The van der Waals surface area contributed by atoms with E-state index in [1.165, 1.54) is 44.9 Å². The zero-order chi connectivity index (χ0) is 12.0. The lowest BCUT2D eigenvalue weighted by molar-refractivity contribution is 0.262. The normalized spacial score (nSPS) is 21.8. The molecule has 0 aromatic heterocycles. The minimum atomic E-state index is 0.671. The van der Waals surface area contributed by atoms with Gasteiger partial charge in [0.05, 0.1) is 0 Å². The minimum absolute atomic E-state index is 0.671. The Hall–Kier alpha value is -0.0400. The van der Waals surface area contributed by atoms with Gasteiger partial charge >= 0.3 is 0 Å². The van der Waals surface area contributed by atoms with Gasteiger partial charge in [-0.3, -0.25) is 0 Å². The first kappa shape index (κ1) is 14.0. The highest BCUT2D eigenvalue weighted by Gasteiger charge is 2.47. The molecule has 96 valence electrons. The topological polar surface area (TPSA) is 12.0 Å². The number of hydrogen-bond donors (Lipinski definition) is 1. The van der Waals surface area contributed by atoms with Crippen LogP contribution in [-0.2, 0) is 0 Å². The van der Waals surface area contributed by atoms with E-state index in [2.05, 4.69) is 33.0 Å². The summed E-state index contributed by atoms with van der Waals surface area (Å²) < 4.78 is 0. The molecule has 0 saturated heterocycles. The van der Waals surface area contributed by atoms with Gasteiger partial charge < -0.3 is 5.32 Å². The molecule has 1 heteroatoms. The first-order valence-corrected chi connectivity index (χ1v) is 7.41. The minimum Gasteiger partial charge on any atom is -0.314 e. The van der Waals surface area contributed by atoms with Crippen LogP contribution >= 0.6 is 0 Å². The SMILES string of the molecule is CCCCC(CC)CC1(C(C)NCC)CC1. The van der Waals surface area contributed by atoms with Gasteiger partial charge in [-0.05, 0) is 44.1 Å². The maximum atomic E-state index is 3.63. The fourth-order valence-corrected chi connectivity index (χ4v) is 3.02. The van der Waals surface area contributed by atoms with E-state index in [1.807, 2.05) is 0 Å². The van der Waals surface area contributed by atoms with Crippen molar-refractivity contribution < 1.29 is 0 Å². The van der Waals surface area contributed by atoms with Crippen LogP contribution in [0, 0.1) is 11.3 Å². The smallest absolute Gasteiger partial charge is 0.00951 e. The van der Waals surface area contributed by atoms with Gasteiger partial charge in [0, 0.05) is 6.04 Å². The monoisotopic (exact) mass is 225 g/mol. The van der Waals surface area contributed by atoms with Crippen LogP contribution in [0.15, 0.2) is 0 Å². The maximum Gasteiger partial charge on any atom is 0.00951 e.